The minimum Gasteiger partial charge on any atom is -0.489 e. The molecule has 0 amide bonds. The van der Waals surface area contributed by atoms with E-state index in [2.05, 4.69) is 38.9 Å². The number of nitrogens with zero attached hydrogens (tertiary/aromatic N) is 2. The molecule has 0 saturated heterocycles. The number of fused-ring (bicyclic) bond motifs is 1. The summed E-state index contributed by atoms with van der Waals surface area (Å²) in [5.74, 6) is 0.977. The number of aromatic nitrogens is 2. The summed E-state index contributed by atoms with van der Waals surface area (Å²) in [5, 5.41) is 17.1. The number of halogens is 1. The van der Waals surface area contributed by atoms with Gasteiger partial charge in [-0.25, -0.2) is 0 Å². The van der Waals surface area contributed by atoms with Crippen LogP contribution >= 0.6 is 22.6 Å². The summed E-state index contributed by atoms with van der Waals surface area (Å²) in [7, 11) is 0. The SMILES string of the molecule is Ic1cc2cn[nH]c2cc1OC1CC1.O=N[O-].[Na+]. The van der Waals surface area contributed by atoms with E-state index >= 15 is 0 Å². The first-order chi connectivity index (χ1) is 8.24. The molecule has 1 aliphatic carbocycles. The number of hydrogen-bond donors (Lipinski definition) is 1. The van der Waals surface area contributed by atoms with Crippen LogP contribution in [0.5, 0.6) is 5.75 Å². The van der Waals surface area contributed by atoms with Crippen LogP contribution in [-0.4, -0.2) is 16.3 Å². The van der Waals surface area contributed by atoms with Gasteiger partial charge >= 0.3 is 29.6 Å². The third-order valence-corrected chi connectivity index (χ3v) is 3.15. The van der Waals surface area contributed by atoms with Crippen molar-refractivity contribution >= 4 is 33.5 Å². The second-order valence-electron chi connectivity index (χ2n) is 3.63. The molecule has 90 valence electrons. The minimum atomic E-state index is 0. The van der Waals surface area contributed by atoms with Gasteiger partial charge < -0.3 is 14.9 Å². The largest absolute Gasteiger partial charge is 1.00 e. The molecule has 2 aromatic rings. The zero-order chi connectivity index (χ0) is 12.3. The van der Waals surface area contributed by atoms with E-state index in [1.54, 1.807) is 0 Å². The van der Waals surface area contributed by atoms with E-state index in [1.165, 1.54) is 12.8 Å². The summed E-state index contributed by atoms with van der Waals surface area (Å²) >= 11 is 2.30. The van der Waals surface area contributed by atoms with Crippen molar-refractivity contribution in [3.05, 3.63) is 32.0 Å². The maximum absolute atomic E-state index is 8.00. The van der Waals surface area contributed by atoms with Crippen LogP contribution in [0.3, 0.4) is 0 Å². The Morgan fingerprint density at radius 2 is 2.17 bits per heavy atom. The molecule has 0 aliphatic heterocycles. The standard InChI is InChI=1S/C10H9IN2O.HNO2.Na/c11-8-3-6-5-12-13-9(6)4-10(8)14-7-1-2-7;2-1-3;/h3-5,7H,1-2H2,(H,12,13);(H,2,3);/q;;+1/p-1. The Bertz CT molecular complexity index is 530. The predicted octanol–water partition coefficient (Wildman–Crippen LogP) is -0.0367. The van der Waals surface area contributed by atoms with E-state index in [1.807, 2.05) is 12.3 Å². The Morgan fingerprint density at radius 3 is 2.78 bits per heavy atom. The Balaban J connectivity index is 0.000000372. The van der Waals surface area contributed by atoms with Crippen molar-refractivity contribution in [3.63, 3.8) is 0 Å². The number of H-pyrrole nitrogens is 1. The number of ether oxygens (including phenoxy) is 1. The Hall–Kier alpha value is -0.380. The topological polar surface area (TPSA) is 90.4 Å². The van der Waals surface area contributed by atoms with Gasteiger partial charge in [-0.05, 0) is 41.5 Å². The van der Waals surface area contributed by atoms with Gasteiger partial charge in [0, 0.05) is 11.5 Å². The Morgan fingerprint density at radius 1 is 1.50 bits per heavy atom. The molecule has 1 aromatic carbocycles. The number of nitrogens with one attached hydrogen (secondary N) is 1. The van der Waals surface area contributed by atoms with Crippen LogP contribution in [0.4, 0.5) is 0 Å². The first kappa shape index (κ1) is 15.7. The first-order valence-corrected chi connectivity index (χ1v) is 6.06. The van der Waals surface area contributed by atoms with Gasteiger partial charge in [0.25, 0.3) is 0 Å². The van der Waals surface area contributed by atoms with Crippen LogP contribution in [0.1, 0.15) is 12.8 Å². The molecule has 0 radical (unpaired) electrons. The Labute approximate surface area is 139 Å². The average Bonchev–Trinajstić information content (AvgIpc) is 2.98. The fourth-order valence-corrected chi connectivity index (χ4v) is 2.02. The third-order valence-electron chi connectivity index (χ3n) is 2.31. The van der Waals surface area contributed by atoms with Crippen molar-refractivity contribution in [2.45, 2.75) is 18.9 Å². The maximum Gasteiger partial charge on any atom is 1.00 e. The predicted molar refractivity (Wildman–Crippen MR) is 71.6 cm³/mol. The molecule has 1 aromatic heterocycles. The van der Waals surface area contributed by atoms with Gasteiger partial charge in [0.05, 0.1) is 21.4 Å². The van der Waals surface area contributed by atoms with Crippen LogP contribution in [-0.2, 0) is 0 Å². The van der Waals surface area contributed by atoms with E-state index in [0.717, 1.165) is 25.6 Å². The minimum absolute atomic E-state index is 0. The molecule has 0 unspecified atom stereocenters. The summed E-state index contributed by atoms with van der Waals surface area (Å²) in [6, 6.07) is 4.12. The summed E-state index contributed by atoms with van der Waals surface area (Å²) in [5.41, 5.74) is 1.04. The van der Waals surface area contributed by atoms with E-state index < -0.39 is 0 Å². The van der Waals surface area contributed by atoms with Crippen molar-refractivity contribution in [1.82, 2.24) is 10.2 Å². The van der Waals surface area contributed by atoms with Crippen LogP contribution in [0.15, 0.2) is 23.7 Å². The molecule has 1 saturated carbocycles. The molecule has 1 heterocycles. The second-order valence-corrected chi connectivity index (χ2v) is 4.79. The quantitative estimate of drug-likeness (QED) is 0.348. The average molecular weight is 369 g/mol. The molecule has 1 aliphatic rings. The number of benzene rings is 1. The molecule has 8 heteroatoms. The third kappa shape index (κ3) is 4.08. The van der Waals surface area contributed by atoms with Gasteiger partial charge in [-0.3, -0.25) is 5.10 Å². The maximum atomic E-state index is 8.00. The van der Waals surface area contributed by atoms with E-state index in [-0.39, 0.29) is 29.6 Å². The van der Waals surface area contributed by atoms with Crippen LogP contribution in [0.2, 0.25) is 0 Å². The molecule has 1 N–H and O–H groups in total. The van der Waals surface area contributed by atoms with Crippen molar-refractivity contribution in [3.8, 4) is 5.75 Å². The number of aromatic amines is 1. The van der Waals surface area contributed by atoms with Crippen LogP contribution in [0.25, 0.3) is 10.9 Å². The van der Waals surface area contributed by atoms with E-state index in [9.17, 15) is 0 Å². The van der Waals surface area contributed by atoms with Crippen molar-refractivity contribution in [2.75, 3.05) is 0 Å². The smallest absolute Gasteiger partial charge is 0.489 e. The molecule has 0 bridgehead atoms. The molecule has 3 rings (SSSR count). The van der Waals surface area contributed by atoms with Gasteiger partial charge in [-0.15, -0.1) is 5.34 Å². The van der Waals surface area contributed by atoms with Crippen molar-refractivity contribution in [2.24, 2.45) is 5.34 Å². The van der Waals surface area contributed by atoms with Crippen LogP contribution in [0, 0.1) is 13.7 Å². The van der Waals surface area contributed by atoms with Crippen molar-refractivity contribution < 1.29 is 34.3 Å². The van der Waals surface area contributed by atoms with Gasteiger partial charge in [0.2, 0.25) is 0 Å². The summed E-state index contributed by atoms with van der Waals surface area (Å²) in [6.07, 6.45) is 4.66. The normalized spacial score (nSPS) is 13.2. The molecule has 18 heavy (non-hydrogen) atoms. The zero-order valence-electron chi connectivity index (χ0n) is 9.72. The van der Waals surface area contributed by atoms with Gasteiger partial charge in [-0.2, -0.15) is 5.10 Å². The van der Waals surface area contributed by atoms with Crippen molar-refractivity contribution in [1.29, 1.82) is 0 Å². The van der Waals surface area contributed by atoms with Gasteiger partial charge in [0.15, 0.2) is 0 Å². The molecular formula is C10H9IN3NaO3. The van der Waals surface area contributed by atoms with Crippen LogP contribution < -0.4 is 34.3 Å². The van der Waals surface area contributed by atoms with Gasteiger partial charge in [-0.1, -0.05) is 0 Å². The van der Waals surface area contributed by atoms with Gasteiger partial charge in [0.1, 0.15) is 5.75 Å². The summed E-state index contributed by atoms with van der Waals surface area (Å²) in [4.78, 5) is 8.00. The number of hydrogen-bond acceptors (Lipinski definition) is 5. The zero-order valence-corrected chi connectivity index (χ0v) is 13.9. The molecule has 0 spiro atoms. The monoisotopic (exact) mass is 369 g/mol. The second kappa shape index (κ2) is 7.27. The van der Waals surface area contributed by atoms with E-state index in [4.69, 9.17) is 14.9 Å². The van der Waals surface area contributed by atoms with E-state index in [0.29, 0.717) is 6.10 Å². The molecule has 1 fully saturated rings. The summed E-state index contributed by atoms with van der Waals surface area (Å²) in [6.45, 7) is 0. The molecule has 0 atom stereocenters. The first-order valence-electron chi connectivity index (χ1n) is 4.99. The molecule has 6 nitrogen and oxygen atoms in total. The fourth-order valence-electron chi connectivity index (χ4n) is 1.40. The molecular weight excluding hydrogens is 360 g/mol. The number of rotatable bonds is 2. The Kier molecular flexibility index (Phi) is 6.33. The summed E-state index contributed by atoms with van der Waals surface area (Å²) < 4.78 is 6.93. The fraction of sp³-hybridized carbons (Fsp3) is 0.300.